The van der Waals surface area contributed by atoms with Crippen LogP contribution >= 0.6 is 0 Å². The number of rotatable bonds is 0. The summed E-state index contributed by atoms with van der Waals surface area (Å²) in [6.07, 6.45) is 5.68. The summed E-state index contributed by atoms with van der Waals surface area (Å²) in [6.45, 7) is 0. The minimum absolute atomic E-state index is 0. The van der Waals surface area contributed by atoms with E-state index in [1.165, 1.54) is 5.56 Å². The molecule has 1 aliphatic heterocycles. The molecule has 1 aromatic carbocycles. The second-order valence-electron chi connectivity index (χ2n) is 2.34. The first-order chi connectivity index (χ1) is 5.47. The molecule has 2 rings (SSSR count). The van der Waals surface area contributed by atoms with E-state index in [1.54, 1.807) is 6.21 Å². The number of nitrogens with zero attached hydrogens (tertiary/aromatic N) is 1. The Morgan fingerprint density at radius 1 is 1.17 bits per heavy atom. The van der Waals surface area contributed by atoms with Gasteiger partial charge in [-0.15, -0.1) is 0 Å². The van der Waals surface area contributed by atoms with Crippen LogP contribution in [0.25, 0.3) is 6.08 Å². The molecule has 0 atom stereocenters. The van der Waals surface area contributed by atoms with Crippen LogP contribution in [0.1, 0.15) is 5.56 Å². The van der Waals surface area contributed by atoms with E-state index in [0.717, 1.165) is 5.69 Å². The maximum absolute atomic E-state index is 3.95. The summed E-state index contributed by atoms with van der Waals surface area (Å²) in [5.41, 5.74) is 5.16. The van der Waals surface area contributed by atoms with Crippen molar-refractivity contribution in [3.63, 3.8) is 0 Å². The van der Waals surface area contributed by atoms with E-state index in [-0.39, 0.29) is 22.4 Å². The summed E-state index contributed by atoms with van der Waals surface area (Å²) in [5, 5.41) is 3.95. The topological polar surface area (TPSA) is 24.4 Å². The number of anilines is 1. The number of hydrogen-bond acceptors (Lipinski definition) is 2. The summed E-state index contributed by atoms with van der Waals surface area (Å²) in [7, 11) is 0. The molecule has 1 aliphatic rings. The van der Waals surface area contributed by atoms with Crippen LogP contribution in [0.4, 0.5) is 5.69 Å². The summed E-state index contributed by atoms with van der Waals surface area (Å²) in [6, 6.07) is 8.05. The normalized spacial score (nSPS) is 12.3. The second-order valence-corrected chi connectivity index (χ2v) is 2.34. The van der Waals surface area contributed by atoms with E-state index < -0.39 is 0 Å². The van der Waals surface area contributed by atoms with Crippen molar-refractivity contribution in [2.45, 2.75) is 0 Å². The van der Waals surface area contributed by atoms with Crippen molar-refractivity contribution >= 4 is 18.0 Å². The molecule has 1 N–H and O–H groups in total. The van der Waals surface area contributed by atoms with Crippen molar-refractivity contribution in [1.29, 1.82) is 0 Å². The number of hydrazone groups is 1. The van der Waals surface area contributed by atoms with Crippen LogP contribution in [0.5, 0.6) is 0 Å². The molecule has 12 heavy (non-hydrogen) atoms. The molecule has 0 saturated carbocycles. The molecule has 0 saturated heterocycles. The van der Waals surface area contributed by atoms with Gasteiger partial charge in [-0.25, -0.2) is 0 Å². The Hall–Kier alpha value is -0.830. The molecule has 2 nitrogen and oxygen atoms in total. The van der Waals surface area contributed by atoms with Crippen LogP contribution in [-0.2, 0) is 22.4 Å². The van der Waals surface area contributed by atoms with E-state index in [4.69, 9.17) is 0 Å². The van der Waals surface area contributed by atoms with E-state index >= 15 is 0 Å². The minimum atomic E-state index is 0. The largest absolute Gasteiger partial charge is 0.278 e. The fraction of sp³-hybridized carbons (Fsp3) is 0. The number of para-hydroxylation sites is 1. The van der Waals surface area contributed by atoms with E-state index in [2.05, 4.69) is 10.5 Å². The van der Waals surface area contributed by atoms with Gasteiger partial charge in [0.25, 0.3) is 0 Å². The number of benzene rings is 1. The van der Waals surface area contributed by atoms with Crippen LogP contribution in [0.15, 0.2) is 35.4 Å². The Bertz CT molecular complexity index is 318. The smallest absolute Gasteiger partial charge is 0.0634 e. The zero-order chi connectivity index (χ0) is 7.52. The van der Waals surface area contributed by atoms with Gasteiger partial charge in [-0.2, -0.15) is 5.10 Å². The van der Waals surface area contributed by atoms with Crippen molar-refractivity contribution in [1.82, 2.24) is 0 Å². The standard InChI is InChI=1S/C9H8N2.Au/c1-2-6-9-8(4-1)5-3-7-10-11-9;/h1-7,11H;. The Kier molecular flexibility index (Phi) is 3.29. The van der Waals surface area contributed by atoms with Crippen molar-refractivity contribution in [2.75, 3.05) is 5.43 Å². The molecule has 0 aliphatic carbocycles. The summed E-state index contributed by atoms with van der Waals surface area (Å²) in [4.78, 5) is 0. The Morgan fingerprint density at radius 3 is 2.92 bits per heavy atom. The van der Waals surface area contributed by atoms with Gasteiger partial charge in [0.15, 0.2) is 0 Å². The number of fused-ring (bicyclic) bond motifs is 1. The number of allylic oxidation sites excluding steroid dienone is 1. The molecular formula is C9H8AuN2. The van der Waals surface area contributed by atoms with Gasteiger partial charge in [0.2, 0.25) is 0 Å². The van der Waals surface area contributed by atoms with Crippen LogP contribution in [0, 0.1) is 0 Å². The number of nitrogens with one attached hydrogen (secondary N) is 1. The molecule has 65 valence electrons. The zero-order valence-corrected chi connectivity index (χ0v) is 8.46. The predicted molar refractivity (Wildman–Crippen MR) is 47.6 cm³/mol. The first kappa shape index (κ1) is 9.26. The zero-order valence-electron chi connectivity index (χ0n) is 6.29. The van der Waals surface area contributed by atoms with Crippen LogP contribution < -0.4 is 5.43 Å². The monoisotopic (exact) mass is 341 g/mol. The molecule has 0 fully saturated rings. The molecular weight excluding hydrogens is 333 g/mol. The Morgan fingerprint density at radius 2 is 2.00 bits per heavy atom. The first-order valence-corrected chi connectivity index (χ1v) is 3.51. The molecule has 0 amide bonds. The van der Waals surface area contributed by atoms with Gasteiger partial charge in [0.1, 0.15) is 0 Å². The average molecular weight is 341 g/mol. The van der Waals surface area contributed by atoms with Crippen LogP contribution in [-0.4, -0.2) is 6.21 Å². The minimum Gasteiger partial charge on any atom is -0.278 e. The maximum Gasteiger partial charge on any atom is 0.0634 e. The third kappa shape index (κ3) is 1.85. The Balaban J connectivity index is 0.000000720. The molecule has 0 aromatic heterocycles. The summed E-state index contributed by atoms with van der Waals surface area (Å²) >= 11 is 0. The first-order valence-electron chi connectivity index (χ1n) is 3.51. The SMILES string of the molecule is C1=Cc2ccccc2NN=C1.[Au]. The molecule has 0 spiro atoms. The fourth-order valence-electron chi connectivity index (χ4n) is 1.04. The van der Waals surface area contributed by atoms with Gasteiger partial charge in [0, 0.05) is 28.6 Å². The van der Waals surface area contributed by atoms with Crippen molar-refractivity contribution in [3.8, 4) is 0 Å². The van der Waals surface area contributed by atoms with Crippen molar-refractivity contribution in [2.24, 2.45) is 5.10 Å². The van der Waals surface area contributed by atoms with Gasteiger partial charge >= 0.3 is 0 Å². The molecule has 1 aromatic rings. The van der Waals surface area contributed by atoms with E-state index in [9.17, 15) is 0 Å². The number of hydrogen-bond donors (Lipinski definition) is 1. The summed E-state index contributed by atoms with van der Waals surface area (Å²) in [5.74, 6) is 0. The average Bonchev–Trinajstić information content (AvgIpc) is 2.28. The van der Waals surface area contributed by atoms with Crippen molar-refractivity contribution < 1.29 is 22.4 Å². The third-order valence-electron chi connectivity index (χ3n) is 1.58. The Labute approximate surface area is 86.9 Å². The van der Waals surface area contributed by atoms with Gasteiger partial charge in [0.05, 0.1) is 5.69 Å². The molecule has 1 radical (unpaired) electrons. The van der Waals surface area contributed by atoms with Gasteiger partial charge in [-0.3, -0.25) is 5.43 Å². The van der Waals surface area contributed by atoms with Crippen molar-refractivity contribution in [3.05, 3.63) is 35.9 Å². The maximum atomic E-state index is 3.95. The van der Waals surface area contributed by atoms with E-state index in [0.29, 0.717) is 0 Å². The summed E-state index contributed by atoms with van der Waals surface area (Å²) < 4.78 is 0. The fourth-order valence-corrected chi connectivity index (χ4v) is 1.04. The molecule has 1 heterocycles. The van der Waals surface area contributed by atoms with Crippen LogP contribution in [0.2, 0.25) is 0 Å². The third-order valence-corrected chi connectivity index (χ3v) is 1.58. The predicted octanol–water partition coefficient (Wildman–Crippen LogP) is 2.11. The molecule has 0 unspecified atom stereocenters. The second kappa shape index (κ2) is 4.26. The van der Waals surface area contributed by atoms with Crippen LogP contribution in [0.3, 0.4) is 0 Å². The van der Waals surface area contributed by atoms with Gasteiger partial charge < -0.3 is 0 Å². The van der Waals surface area contributed by atoms with Gasteiger partial charge in [-0.1, -0.05) is 24.3 Å². The molecule has 3 heteroatoms. The quantitative estimate of drug-likeness (QED) is 0.719. The van der Waals surface area contributed by atoms with E-state index in [1.807, 2.05) is 36.4 Å². The van der Waals surface area contributed by atoms with Gasteiger partial charge in [-0.05, 0) is 17.7 Å². The molecule has 0 bridgehead atoms.